The van der Waals surface area contributed by atoms with Crippen molar-refractivity contribution < 1.29 is 4.74 Å². The fraction of sp³-hybridized carbons (Fsp3) is 0.846. The van der Waals surface area contributed by atoms with Crippen LogP contribution in [0.3, 0.4) is 0 Å². The molecule has 1 aliphatic rings. The molecule has 1 nitrogen and oxygen atoms in total. The van der Waals surface area contributed by atoms with Gasteiger partial charge < -0.3 is 4.74 Å². The molecule has 0 radical (unpaired) electrons. The molecule has 0 aliphatic heterocycles. The number of ether oxygens (including phenoxy) is 1. The van der Waals surface area contributed by atoms with E-state index in [0.717, 1.165) is 12.5 Å². The quantitative estimate of drug-likeness (QED) is 0.616. The van der Waals surface area contributed by atoms with Crippen molar-refractivity contribution in [3.63, 3.8) is 0 Å². The van der Waals surface area contributed by atoms with Crippen LogP contribution in [0.1, 0.15) is 52.9 Å². The van der Waals surface area contributed by atoms with Crippen LogP contribution in [0.2, 0.25) is 0 Å². The van der Waals surface area contributed by atoms with Crippen molar-refractivity contribution in [2.24, 2.45) is 11.3 Å². The Kier molecular flexibility index (Phi) is 4.50. The lowest BCUT2D eigenvalue weighted by molar-refractivity contribution is 0.163. The number of rotatable bonds is 3. The second-order valence-electron chi connectivity index (χ2n) is 5.51. The summed E-state index contributed by atoms with van der Waals surface area (Å²) in [7, 11) is 0. The van der Waals surface area contributed by atoms with E-state index in [1.54, 1.807) is 0 Å². The maximum Gasteiger partial charge on any atom is 0.0901 e. The van der Waals surface area contributed by atoms with E-state index >= 15 is 0 Å². The molecule has 1 heteroatoms. The topological polar surface area (TPSA) is 9.23 Å². The van der Waals surface area contributed by atoms with E-state index in [2.05, 4.69) is 26.8 Å². The minimum atomic E-state index is 0.243. The predicted molar refractivity (Wildman–Crippen MR) is 61.1 cm³/mol. The van der Waals surface area contributed by atoms with Crippen LogP contribution in [-0.4, -0.2) is 6.61 Å². The highest BCUT2D eigenvalue weighted by atomic mass is 16.5. The standard InChI is InChI=1S/C13H24O/c1-13(2,3)9-10-14-11-12-7-5-4-6-8-12/h9-10,12H,4-8,11H2,1-3H3. The molecule has 0 saturated heterocycles. The maximum absolute atomic E-state index is 5.57. The van der Waals surface area contributed by atoms with Gasteiger partial charge in [0.1, 0.15) is 0 Å². The van der Waals surface area contributed by atoms with E-state index in [9.17, 15) is 0 Å². The van der Waals surface area contributed by atoms with Crippen LogP contribution in [0, 0.1) is 11.3 Å². The van der Waals surface area contributed by atoms with Crippen LogP contribution in [0.4, 0.5) is 0 Å². The molecule has 1 aliphatic carbocycles. The van der Waals surface area contributed by atoms with Gasteiger partial charge in [0.25, 0.3) is 0 Å². The largest absolute Gasteiger partial charge is 0.501 e. The van der Waals surface area contributed by atoms with Gasteiger partial charge in [0.05, 0.1) is 12.9 Å². The van der Waals surface area contributed by atoms with E-state index in [0.29, 0.717) is 0 Å². The Balaban J connectivity index is 2.11. The third-order valence-electron chi connectivity index (χ3n) is 2.72. The molecule has 0 aromatic rings. The second-order valence-corrected chi connectivity index (χ2v) is 5.51. The molecule has 0 amide bonds. The predicted octanol–water partition coefficient (Wildman–Crippen LogP) is 4.14. The van der Waals surface area contributed by atoms with Gasteiger partial charge in [-0.2, -0.15) is 0 Å². The molecule has 0 aromatic carbocycles. The lowest BCUT2D eigenvalue weighted by Gasteiger charge is -2.21. The molecule has 1 fully saturated rings. The molecule has 0 unspecified atom stereocenters. The summed E-state index contributed by atoms with van der Waals surface area (Å²) in [5.74, 6) is 0.813. The van der Waals surface area contributed by atoms with E-state index in [-0.39, 0.29) is 5.41 Å². The molecule has 0 aromatic heterocycles. The molecule has 1 saturated carbocycles. The molecule has 0 heterocycles. The summed E-state index contributed by atoms with van der Waals surface area (Å²) in [5, 5.41) is 0. The average Bonchev–Trinajstić information content (AvgIpc) is 2.13. The monoisotopic (exact) mass is 196 g/mol. The molecular weight excluding hydrogens is 172 g/mol. The Morgan fingerprint density at radius 2 is 1.79 bits per heavy atom. The van der Waals surface area contributed by atoms with Crippen molar-refractivity contribution in [2.45, 2.75) is 52.9 Å². The first-order valence-corrected chi connectivity index (χ1v) is 5.87. The molecular formula is C13H24O. The Labute approximate surface area is 88.5 Å². The van der Waals surface area contributed by atoms with E-state index in [1.807, 2.05) is 6.26 Å². The first-order chi connectivity index (χ1) is 6.58. The van der Waals surface area contributed by atoms with Crippen LogP contribution in [0.25, 0.3) is 0 Å². The number of allylic oxidation sites excluding steroid dienone is 1. The summed E-state index contributed by atoms with van der Waals surface area (Å²) in [6.07, 6.45) is 11.0. The van der Waals surface area contributed by atoms with Crippen molar-refractivity contribution in [2.75, 3.05) is 6.61 Å². The highest BCUT2D eigenvalue weighted by molar-refractivity contribution is 4.87. The summed E-state index contributed by atoms with van der Waals surface area (Å²) in [4.78, 5) is 0. The molecule has 0 N–H and O–H groups in total. The lowest BCUT2D eigenvalue weighted by atomic mass is 9.90. The molecule has 0 bridgehead atoms. The molecule has 14 heavy (non-hydrogen) atoms. The Bertz CT molecular complexity index is 170. The van der Waals surface area contributed by atoms with Crippen LogP contribution >= 0.6 is 0 Å². The van der Waals surface area contributed by atoms with Crippen LogP contribution in [0.15, 0.2) is 12.3 Å². The zero-order chi connectivity index (χ0) is 10.4. The summed E-state index contributed by atoms with van der Waals surface area (Å²) >= 11 is 0. The Morgan fingerprint density at radius 1 is 1.14 bits per heavy atom. The van der Waals surface area contributed by atoms with Gasteiger partial charge in [-0.25, -0.2) is 0 Å². The van der Waals surface area contributed by atoms with Gasteiger partial charge in [0, 0.05) is 0 Å². The van der Waals surface area contributed by atoms with Gasteiger partial charge in [-0.05, 0) is 30.3 Å². The molecule has 1 rings (SSSR count). The van der Waals surface area contributed by atoms with Gasteiger partial charge in [0.2, 0.25) is 0 Å². The Hall–Kier alpha value is -0.460. The Morgan fingerprint density at radius 3 is 2.36 bits per heavy atom. The summed E-state index contributed by atoms with van der Waals surface area (Å²) in [6, 6.07) is 0. The van der Waals surface area contributed by atoms with Crippen molar-refractivity contribution in [1.82, 2.24) is 0 Å². The highest BCUT2D eigenvalue weighted by Gasteiger charge is 2.13. The average molecular weight is 196 g/mol. The fourth-order valence-electron chi connectivity index (χ4n) is 1.80. The summed E-state index contributed by atoms with van der Waals surface area (Å²) in [5.41, 5.74) is 0.243. The number of hydrogen-bond acceptors (Lipinski definition) is 1. The summed E-state index contributed by atoms with van der Waals surface area (Å²) in [6.45, 7) is 7.49. The minimum Gasteiger partial charge on any atom is -0.501 e. The third-order valence-corrected chi connectivity index (χ3v) is 2.72. The second kappa shape index (κ2) is 5.43. The van der Waals surface area contributed by atoms with Crippen LogP contribution in [0.5, 0.6) is 0 Å². The fourth-order valence-corrected chi connectivity index (χ4v) is 1.80. The third kappa shape index (κ3) is 5.31. The lowest BCUT2D eigenvalue weighted by Crippen LogP contribution is -2.11. The first kappa shape index (κ1) is 11.6. The van der Waals surface area contributed by atoms with Gasteiger partial charge in [-0.3, -0.25) is 0 Å². The van der Waals surface area contributed by atoms with Crippen molar-refractivity contribution in [1.29, 1.82) is 0 Å². The number of hydrogen-bond donors (Lipinski definition) is 0. The van der Waals surface area contributed by atoms with E-state index in [1.165, 1.54) is 32.1 Å². The minimum absolute atomic E-state index is 0.243. The van der Waals surface area contributed by atoms with Gasteiger partial charge >= 0.3 is 0 Å². The molecule has 0 spiro atoms. The van der Waals surface area contributed by atoms with Crippen LogP contribution < -0.4 is 0 Å². The zero-order valence-corrected chi connectivity index (χ0v) is 9.88. The normalized spacial score (nSPS) is 20.2. The first-order valence-electron chi connectivity index (χ1n) is 5.87. The zero-order valence-electron chi connectivity index (χ0n) is 9.88. The summed E-state index contributed by atoms with van der Waals surface area (Å²) < 4.78 is 5.57. The molecule has 82 valence electrons. The molecule has 0 atom stereocenters. The van der Waals surface area contributed by atoms with Crippen molar-refractivity contribution in [3.8, 4) is 0 Å². The SMILES string of the molecule is CC(C)(C)C=COCC1CCCCC1. The van der Waals surface area contributed by atoms with Gasteiger partial charge in [-0.1, -0.05) is 40.0 Å². The van der Waals surface area contributed by atoms with Gasteiger partial charge in [0.15, 0.2) is 0 Å². The maximum atomic E-state index is 5.57. The van der Waals surface area contributed by atoms with Crippen molar-refractivity contribution in [3.05, 3.63) is 12.3 Å². The van der Waals surface area contributed by atoms with Crippen molar-refractivity contribution >= 4 is 0 Å². The highest BCUT2D eigenvalue weighted by Crippen LogP contribution is 2.24. The van der Waals surface area contributed by atoms with Crippen LogP contribution in [-0.2, 0) is 4.74 Å². The van der Waals surface area contributed by atoms with E-state index in [4.69, 9.17) is 4.74 Å². The van der Waals surface area contributed by atoms with E-state index < -0.39 is 0 Å². The van der Waals surface area contributed by atoms with Gasteiger partial charge in [-0.15, -0.1) is 0 Å². The smallest absolute Gasteiger partial charge is 0.0901 e.